The number of ether oxygens (including phenoxy) is 2. The first kappa shape index (κ1) is 42.4. The number of allylic oxidation sites excluding steroid dienone is 4. The zero-order chi connectivity index (χ0) is 38.5. The number of piperidine rings is 2. The van der Waals surface area contributed by atoms with Crippen LogP contribution in [0.4, 0.5) is 0 Å². The van der Waals surface area contributed by atoms with E-state index in [1.54, 1.807) is 0 Å². The molecule has 0 aromatic carbocycles. The van der Waals surface area contributed by atoms with E-state index in [-0.39, 0.29) is 57.5 Å². The number of esters is 2. The van der Waals surface area contributed by atoms with Crippen molar-refractivity contribution in [1.82, 2.24) is 9.80 Å². The fourth-order valence-electron chi connectivity index (χ4n) is 9.08. The van der Waals surface area contributed by atoms with E-state index in [0.29, 0.717) is 50.6 Å². The molecule has 2 aliphatic heterocycles. The molecule has 8 nitrogen and oxygen atoms in total. The van der Waals surface area contributed by atoms with Crippen LogP contribution in [0.2, 0.25) is 0 Å². The molecule has 0 aromatic heterocycles. The minimum absolute atomic E-state index is 0.156. The van der Waals surface area contributed by atoms with Gasteiger partial charge in [-0.15, -0.1) is 4.91 Å². The van der Waals surface area contributed by atoms with Gasteiger partial charge in [-0.1, -0.05) is 73.0 Å². The monoisotopic (exact) mass is 700 g/mol. The molecule has 8 heteroatoms. The normalized spacial score (nSPS) is 25.2. The van der Waals surface area contributed by atoms with Crippen molar-refractivity contribution in [3.63, 3.8) is 0 Å². The lowest BCUT2D eigenvalue weighted by molar-refractivity contribution is -0.188. The highest BCUT2D eigenvalue weighted by molar-refractivity contribution is 6.00. The molecule has 0 unspecified atom stereocenters. The number of likely N-dealkylation sites (tertiary alicyclic amines) is 2. The van der Waals surface area contributed by atoms with Gasteiger partial charge in [-0.05, 0) is 110 Å². The van der Waals surface area contributed by atoms with Crippen LogP contribution in [0.15, 0.2) is 28.1 Å². The number of unbranched alkanes of at least 4 members (excludes halogenated alkanes) is 1. The predicted molar refractivity (Wildman–Crippen MR) is 205 cm³/mol. The molecule has 1 atom stereocenters. The van der Waals surface area contributed by atoms with Crippen LogP contribution in [-0.4, -0.2) is 70.2 Å². The van der Waals surface area contributed by atoms with Crippen molar-refractivity contribution in [2.24, 2.45) is 27.3 Å². The molecule has 0 spiro atoms. The third kappa shape index (κ3) is 8.93. The van der Waals surface area contributed by atoms with Crippen molar-refractivity contribution in [2.45, 2.75) is 196 Å². The smallest absolute Gasteiger partial charge is 0.324 e. The topological polar surface area (TPSA) is 88.5 Å². The lowest BCUT2D eigenvalue weighted by Crippen LogP contribution is -2.61. The number of hydrogen-bond donors (Lipinski definition) is 0. The van der Waals surface area contributed by atoms with E-state index >= 15 is 9.59 Å². The number of nitroso groups, excluding NO2 is 1. The molecule has 0 aromatic rings. The van der Waals surface area contributed by atoms with Gasteiger partial charge in [0, 0.05) is 53.8 Å². The summed E-state index contributed by atoms with van der Waals surface area (Å²) in [7, 11) is 4.27. The summed E-state index contributed by atoms with van der Waals surface area (Å²) in [6.07, 6.45) is 6.67. The molecular weight excluding hydrogens is 626 g/mol. The van der Waals surface area contributed by atoms with E-state index < -0.39 is 17.4 Å². The Morgan fingerprint density at radius 3 is 1.50 bits per heavy atom. The van der Waals surface area contributed by atoms with Crippen LogP contribution in [0.5, 0.6) is 0 Å². The minimum atomic E-state index is -1.52. The van der Waals surface area contributed by atoms with Gasteiger partial charge in [0.25, 0.3) is 0 Å². The van der Waals surface area contributed by atoms with E-state index in [1.165, 1.54) is 0 Å². The van der Waals surface area contributed by atoms with Gasteiger partial charge in [0.1, 0.15) is 12.2 Å². The standard InChI is InChI=1S/C42H73N3O5/c1-18-19-20-42(34(46)49-29-24-38(8,9)44(16)39(10,11)25-29,35(47)50-30-26-40(12,13)45(17)41(14,15)27-30)23-28-21-31(36(2,3)4)33(43-48)32(22-28)37(5,6)7/h21,29-30,32H,18-20,22-27H2,1-17H3/t32-/m0/s1. The summed E-state index contributed by atoms with van der Waals surface area (Å²) in [6, 6.07) is 0. The zero-order valence-electron chi connectivity index (χ0n) is 35.1. The maximum Gasteiger partial charge on any atom is 0.324 e. The van der Waals surface area contributed by atoms with Crippen LogP contribution in [0, 0.1) is 27.1 Å². The molecule has 0 saturated carbocycles. The molecule has 0 N–H and O–H groups in total. The Hall–Kier alpha value is -2.06. The number of hydrogen-bond acceptors (Lipinski definition) is 8. The predicted octanol–water partition coefficient (Wildman–Crippen LogP) is 10.0. The average molecular weight is 700 g/mol. The van der Waals surface area contributed by atoms with E-state index in [9.17, 15) is 4.91 Å². The second-order valence-corrected chi connectivity index (χ2v) is 20.7. The van der Waals surface area contributed by atoms with Crippen LogP contribution in [0.25, 0.3) is 0 Å². The Labute approximate surface area is 305 Å². The van der Waals surface area contributed by atoms with Crippen molar-refractivity contribution in [3.05, 3.63) is 27.8 Å². The van der Waals surface area contributed by atoms with Crippen LogP contribution in [0.1, 0.15) is 162 Å². The third-order valence-corrected chi connectivity index (χ3v) is 12.7. The summed E-state index contributed by atoms with van der Waals surface area (Å²) in [6.45, 7) is 32.3. The van der Waals surface area contributed by atoms with E-state index in [0.717, 1.165) is 17.6 Å². The van der Waals surface area contributed by atoms with Gasteiger partial charge in [-0.2, -0.15) is 0 Å². The third-order valence-electron chi connectivity index (χ3n) is 12.7. The first-order valence-electron chi connectivity index (χ1n) is 19.2. The van der Waals surface area contributed by atoms with E-state index in [1.807, 2.05) is 0 Å². The summed E-state index contributed by atoms with van der Waals surface area (Å²) >= 11 is 0. The molecule has 2 saturated heterocycles. The molecule has 0 radical (unpaired) electrons. The van der Waals surface area contributed by atoms with Gasteiger partial charge in [0.2, 0.25) is 0 Å². The summed E-state index contributed by atoms with van der Waals surface area (Å²) in [5.74, 6) is -1.11. The summed E-state index contributed by atoms with van der Waals surface area (Å²) < 4.78 is 13.1. The van der Waals surface area contributed by atoms with Crippen molar-refractivity contribution < 1.29 is 19.1 Å². The molecule has 3 aliphatic rings. The highest BCUT2D eigenvalue weighted by atomic mass is 16.6. The van der Waals surface area contributed by atoms with Crippen LogP contribution in [-0.2, 0) is 19.1 Å². The van der Waals surface area contributed by atoms with Crippen molar-refractivity contribution in [1.29, 1.82) is 0 Å². The lowest BCUT2D eigenvalue weighted by atomic mass is 9.65. The Morgan fingerprint density at radius 1 is 0.780 bits per heavy atom. The van der Waals surface area contributed by atoms with E-state index in [4.69, 9.17) is 9.47 Å². The molecule has 0 bridgehead atoms. The van der Waals surface area contributed by atoms with Gasteiger partial charge in [-0.25, -0.2) is 0 Å². The molecule has 0 amide bonds. The van der Waals surface area contributed by atoms with Gasteiger partial charge >= 0.3 is 11.9 Å². The Balaban J connectivity index is 2.18. The van der Waals surface area contributed by atoms with Gasteiger partial charge < -0.3 is 9.47 Å². The number of rotatable bonds is 10. The maximum absolute atomic E-state index is 15.0. The van der Waals surface area contributed by atoms with Gasteiger partial charge in [0.15, 0.2) is 5.41 Å². The molecule has 50 heavy (non-hydrogen) atoms. The average Bonchev–Trinajstić information content (AvgIpc) is 2.94. The number of carbonyl (C=O) groups excluding carboxylic acids is 2. The molecule has 2 fully saturated rings. The first-order chi connectivity index (χ1) is 22.5. The molecule has 2 heterocycles. The lowest BCUT2D eigenvalue weighted by Gasteiger charge is -2.53. The summed E-state index contributed by atoms with van der Waals surface area (Å²) in [5, 5.41) is 3.61. The largest absolute Gasteiger partial charge is 0.461 e. The van der Waals surface area contributed by atoms with Crippen LogP contribution < -0.4 is 0 Å². The molecular formula is C42H73N3O5. The van der Waals surface area contributed by atoms with Crippen LogP contribution in [0.3, 0.4) is 0 Å². The van der Waals surface area contributed by atoms with Crippen molar-refractivity contribution >= 4 is 11.9 Å². The maximum atomic E-state index is 15.0. The Morgan fingerprint density at radius 2 is 1.18 bits per heavy atom. The molecule has 286 valence electrons. The zero-order valence-corrected chi connectivity index (χ0v) is 35.1. The summed E-state index contributed by atoms with van der Waals surface area (Å²) in [4.78, 5) is 47.2. The second-order valence-electron chi connectivity index (χ2n) is 20.7. The van der Waals surface area contributed by atoms with Crippen molar-refractivity contribution in [2.75, 3.05) is 14.1 Å². The fourth-order valence-corrected chi connectivity index (χ4v) is 9.08. The van der Waals surface area contributed by atoms with Gasteiger partial charge in [0.05, 0.1) is 5.70 Å². The quantitative estimate of drug-likeness (QED) is 0.127. The van der Waals surface area contributed by atoms with Crippen molar-refractivity contribution in [3.8, 4) is 0 Å². The Bertz CT molecular complexity index is 1250. The Kier molecular flexibility index (Phi) is 12.2. The molecule has 3 rings (SSSR count). The highest BCUT2D eigenvalue weighted by Gasteiger charge is 2.54. The van der Waals surface area contributed by atoms with E-state index in [2.05, 4.69) is 139 Å². The first-order valence-corrected chi connectivity index (χ1v) is 19.2. The minimum Gasteiger partial charge on any atom is -0.461 e. The second kappa shape index (κ2) is 14.4. The number of carbonyl (C=O) groups is 2. The highest BCUT2D eigenvalue weighted by Crippen LogP contribution is 2.50. The van der Waals surface area contributed by atoms with Gasteiger partial charge in [-0.3, -0.25) is 19.4 Å². The molecule has 1 aliphatic carbocycles. The summed E-state index contributed by atoms with van der Waals surface area (Å²) in [5.41, 5.74) is -0.494. The van der Waals surface area contributed by atoms with Crippen LogP contribution >= 0.6 is 0 Å². The number of nitrogens with zero attached hydrogens (tertiary/aromatic N) is 3. The SMILES string of the molecule is CCCCC(CC1=CC(C(C)(C)C)=C(N=O)[C@@H](C(C)(C)C)C1)(C(=O)OC1CC(C)(C)N(C)C(C)(C)C1)C(=O)OC1CC(C)(C)N(C)C(C)(C)C1. The fraction of sp³-hybridized carbons (Fsp3) is 0.857.